The van der Waals surface area contributed by atoms with Gasteiger partial charge in [0.2, 0.25) is 5.91 Å². The summed E-state index contributed by atoms with van der Waals surface area (Å²) in [7, 11) is 0. The van der Waals surface area contributed by atoms with Gasteiger partial charge in [-0.05, 0) is 55.1 Å². The Hall–Kier alpha value is -1.25. The molecule has 1 aromatic rings. The molecule has 0 radical (unpaired) electrons. The third-order valence-electron chi connectivity index (χ3n) is 8.21. The van der Waals surface area contributed by atoms with Crippen molar-refractivity contribution in [2.45, 2.75) is 105 Å². The molecule has 0 spiro atoms. The van der Waals surface area contributed by atoms with Gasteiger partial charge < -0.3 is 10.3 Å². The molecule has 1 aliphatic rings. The SMILES string of the molecule is CCC(C)C(C)C(C)(c1cc(CNC(=O)CC2CCCC2)c(C)[nH]1)C(C)CC. The number of rotatable bonds is 10. The van der Waals surface area contributed by atoms with Crippen molar-refractivity contribution in [2.75, 3.05) is 0 Å². The number of aryl methyl sites for hydroxylation is 1. The Labute approximate surface area is 173 Å². The number of hydrogen-bond donors (Lipinski definition) is 2. The van der Waals surface area contributed by atoms with Gasteiger partial charge in [0.05, 0.1) is 0 Å². The number of amides is 1. The number of H-pyrrole nitrogens is 1. The van der Waals surface area contributed by atoms with Crippen LogP contribution in [0.4, 0.5) is 0 Å². The minimum Gasteiger partial charge on any atom is -0.362 e. The molecular weight excluding hydrogens is 344 g/mol. The van der Waals surface area contributed by atoms with Gasteiger partial charge in [0.15, 0.2) is 0 Å². The van der Waals surface area contributed by atoms with E-state index in [1.165, 1.54) is 55.5 Å². The number of hydrogen-bond acceptors (Lipinski definition) is 1. The topological polar surface area (TPSA) is 44.9 Å². The predicted octanol–water partition coefficient (Wildman–Crippen LogP) is 6.51. The third kappa shape index (κ3) is 5.02. The lowest BCUT2D eigenvalue weighted by Gasteiger charge is -2.43. The van der Waals surface area contributed by atoms with Crippen LogP contribution in [-0.2, 0) is 16.8 Å². The molecule has 2 N–H and O–H groups in total. The summed E-state index contributed by atoms with van der Waals surface area (Å²) in [6.07, 6.45) is 8.11. The fourth-order valence-electron chi connectivity index (χ4n) is 5.15. The first-order chi connectivity index (χ1) is 13.2. The molecule has 2 rings (SSSR count). The summed E-state index contributed by atoms with van der Waals surface area (Å²) >= 11 is 0. The molecule has 3 heteroatoms. The van der Waals surface area contributed by atoms with E-state index in [0.29, 0.717) is 36.6 Å². The number of aromatic amines is 1. The van der Waals surface area contributed by atoms with Gasteiger partial charge in [-0.25, -0.2) is 0 Å². The number of nitrogens with one attached hydrogen (secondary N) is 2. The molecule has 0 aliphatic heterocycles. The Balaban J connectivity index is 2.13. The molecule has 28 heavy (non-hydrogen) atoms. The van der Waals surface area contributed by atoms with Gasteiger partial charge in [0, 0.05) is 29.8 Å². The van der Waals surface area contributed by atoms with E-state index in [4.69, 9.17) is 0 Å². The summed E-state index contributed by atoms with van der Waals surface area (Å²) in [5, 5.41) is 3.18. The monoisotopic (exact) mass is 388 g/mol. The maximum Gasteiger partial charge on any atom is 0.220 e. The standard InChI is InChI=1S/C25H44N2O/c1-8-17(3)19(5)25(7,18(4)9-2)23-15-22(20(6)27-23)16-26-24(28)14-21-12-10-11-13-21/h15,17-19,21,27H,8-14,16H2,1-7H3,(H,26,28). The maximum atomic E-state index is 12.4. The van der Waals surface area contributed by atoms with E-state index in [2.05, 4.69) is 64.8 Å². The summed E-state index contributed by atoms with van der Waals surface area (Å²) in [4.78, 5) is 16.1. The highest BCUT2D eigenvalue weighted by molar-refractivity contribution is 5.76. The first kappa shape index (κ1) is 23.0. The highest BCUT2D eigenvalue weighted by Crippen LogP contribution is 2.44. The number of carbonyl (C=O) groups excluding carboxylic acids is 1. The largest absolute Gasteiger partial charge is 0.362 e. The summed E-state index contributed by atoms with van der Waals surface area (Å²) in [5.74, 6) is 2.69. The average molecular weight is 389 g/mol. The molecule has 4 unspecified atom stereocenters. The predicted molar refractivity (Wildman–Crippen MR) is 119 cm³/mol. The van der Waals surface area contributed by atoms with Crippen molar-refractivity contribution < 1.29 is 4.79 Å². The van der Waals surface area contributed by atoms with Gasteiger partial charge in [0.1, 0.15) is 0 Å². The van der Waals surface area contributed by atoms with Crippen molar-refractivity contribution in [1.82, 2.24) is 10.3 Å². The first-order valence-electron chi connectivity index (χ1n) is 11.7. The van der Waals surface area contributed by atoms with Crippen molar-refractivity contribution in [1.29, 1.82) is 0 Å². The van der Waals surface area contributed by atoms with E-state index in [-0.39, 0.29) is 11.3 Å². The minimum atomic E-state index is 0.112. The summed E-state index contributed by atoms with van der Waals surface area (Å²) in [6.45, 7) is 17.0. The van der Waals surface area contributed by atoms with E-state index in [0.717, 1.165) is 0 Å². The van der Waals surface area contributed by atoms with E-state index >= 15 is 0 Å². The Kier molecular flexibility index (Phi) is 8.21. The Morgan fingerprint density at radius 3 is 2.43 bits per heavy atom. The fraction of sp³-hybridized carbons (Fsp3) is 0.800. The lowest BCUT2D eigenvalue weighted by molar-refractivity contribution is -0.122. The molecule has 1 fully saturated rings. The average Bonchev–Trinajstić information content (AvgIpc) is 3.33. The second kappa shape index (κ2) is 9.98. The smallest absolute Gasteiger partial charge is 0.220 e. The minimum absolute atomic E-state index is 0.112. The van der Waals surface area contributed by atoms with Gasteiger partial charge in [-0.15, -0.1) is 0 Å². The Morgan fingerprint density at radius 1 is 1.21 bits per heavy atom. The van der Waals surface area contributed by atoms with Gasteiger partial charge >= 0.3 is 0 Å². The normalized spacial score (nSPS) is 20.5. The zero-order valence-electron chi connectivity index (χ0n) is 19.5. The zero-order chi connectivity index (χ0) is 20.9. The highest BCUT2D eigenvalue weighted by atomic mass is 16.1. The van der Waals surface area contributed by atoms with Crippen LogP contribution < -0.4 is 5.32 Å². The molecule has 1 saturated carbocycles. The van der Waals surface area contributed by atoms with Gasteiger partial charge in [-0.1, -0.05) is 67.2 Å². The van der Waals surface area contributed by atoms with Crippen LogP contribution >= 0.6 is 0 Å². The van der Waals surface area contributed by atoms with Gasteiger partial charge in [-0.3, -0.25) is 4.79 Å². The van der Waals surface area contributed by atoms with Crippen LogP contribution in [0.15, 0.2) is 6.07 Å². The second-order valence-electron chi connectivity index (χ2n) is 9.73. The second-order valence-corrected chi connectivity index (χ2v) is 9.73. The molecule has 4 atom stereocenters. The Bertz CT molecular complexity index is 628. The van der Waals surface area contributed by atoms with Gasteiger partial charge in [0.25, 0.3) is 0 Å². The quantitative estimate of drug-likeness (QED) is 0.472. The van der Waals surface area contributed by atoms with E-state index in [9.17, 15) is 4.79 Å². The van der Waals surface area contributed by atoms with E-state index < -0.39 is 0 Å². The molecule has 0 aromatic carbocycles. The van der Waals surface area contributed by atoms with Crippen LogP contribution in [-0.4, -0.2) is 10.9 Å². The molecule has 3 nitrogen and oxygen atoms in total. The summed E-state index contributed by atoms with van der Waals surface area (Å²) < 4.78 is 0. The van der Waals surface area contributed by atoms with Crippen LogP contribution in [0.1, 0.15) is 103 Å². The summed E-state index contributed by atoms with van der Waals surface area (Å²) in [5.41, 5.74) is 3.89. The third-order valence-corrected chi connectivity index (χ3v) is 8.21. The molecule has 0 saturated heterocycles. The first-order valence-corrected chi connectivity index (χ1v) is 11.7. The molecule has 1 heterocycles. The van der Waals surface area contributed by atoms with E-state index in [1.807, 2.05) is 0 Å². The van der Waals surface area contributed by atoms with E-state index in [1.54, 1.807) is 0 Å². The van der Waals surface area contributed by atoms with Gasteiger partial charge in [-0.2, -0.15) is 0 Å². The molecule has 1 aliphatic carbocycles. The molecule has 160 valence electrons. The maximum absolute atomic E-state index is 12.4. The zero-order valence-corrected chi connectivity index (χ0v) is 19.5. The highest BCUT2D eigenvalue weighted by Gasteiger charge is 2.41. The molecular formula is C25H44N2O. The van der Waals surface area contributed by atoms with Crippen molar-refractivity contribution in [3.8, 4) is 0 Å². The summed E-state index contributed by atoms with van der Waals surface area (Å²) in [6, 6.07) is 2.33. The van der Waals surface area contributed by atoms with Crippen LogP contribution in [0, 0.1) is 30.6 Å². The van der Waals surface area contributed by atoms with Crippen LogP contribution in [0.5, 0.6) is 0 Å². The number of carbonyl (C=O) groups is 1. The Morgan fingerprint density at radius 2 is 1.86 bits per heavy atom. The molecule has 0 bridgehead atoms. The number of aromatic nitrogens is 1. The fourth-order valence-corrected chi connectivity index (χ4v) is 5.15. The lowest BCUT2D eigenvalue weighted by Crippen LogP contribution is -2.40. The van der Waals surface area contributed by atoms with Crippen molar-refractivity contribution in [3.05, 3.63) is 23.0 Å². The van der Waals surface area contributed by atoms with Crippen LogP contribution in [0.2, 0.25) is 0 Å². The van der Waals surface area contributed by atoms with Crippen molar-refractivity contribution in [3.63, 3.8) is 0 Å². The van der Waals surface area contributed by atoms with Crippen molar-refractivity contribution in [2.24, 2.45) is 23.7 Å². The lowest BCUT2D eigenvalue weighted by atomic mass is 9.62. The molecule has 1 aromatic heterocycles. The van der Waals surface area contributed by atoms with Crippen molar-refractivity contribution >= 4 is 5.91 Å². The van der Waals surface area contributed by atoms with Crippen LogP contribution in [0.3, 0.4) is 0 Å². The van der Waals surface area contributed by atoms with Crippen LogP contribution in [0.25, 0.3) is 0 Å². The molecule has 1 amide bonds.